The van der Waals surface area contributed by atoms with Gasteiger partial charge in [-0.2, -0.15) is 0 Å². The van der Waals surface area contributed by atoms with Gasteiger partial charge >= 0.3 is 5.69 Å². The standard InChI is InChI=1S/C10H9N5OS/c1-15-6-2-3-11-8(7(6)13-10(15)16)14-9-12-4-5-17-9/h2-5H,1H3,(H,13,16)(H,11,12,14). The molecule has 0 aromatic carbocycles. The Bertz CT molecular complexity index is 712. The molecule has 17 heavy (non-hydrogen) atoms. The smallest absolute Gasteiger partial charge is 0.314 e. The van der Waals surface area contributed by atoms with Crippen molar-refractivity contribution in [2.45, 2.75) is 0 Å². The van der Waals surface area contributed by atoms with Gasteiger partial charge in [0.25, 0.3) is 0 Å². The summed E-state index contributed by atoms with van der Waals surface area (Å²) in [7, 11) is 1.72. The molecule has 2 N–H and O–H groups in total. The molecule has 6 nitrogen and oxygen atoms in total. The number of fused-ring (bicyclic) bond motifs is 1. The van der Waals surface area contributed by atoms with Crippen LogP contribution in [0, 0.1) is 0 Å². The number of hydrogen-bond acceptors (Lipinski definition) is 5. The molecule has 0 fully saturated rings. The number of H-pyrrole nitrogens is 1. The van der Waals surface area contributed by atoms with Crippen molar-refractivity contribution in [1.82, 2.24) is 19.5 Å². The van der Waals surface area contributed by atoms with Crippen LogP contribution < -0.4 is 11.0 Å². The van der Waals surface area contributed by atoms with Crippen LogP contribution >= 0.6 is 11.3 Å². The van der Waals surface area contributed by atoms with E-state index in [4.69, 9.17) is 0 Å². The minimum Gasteiger partial charge on any atom is -0.314 e. The first-order valence-corrected chi connectivity index (χ1v) is 5.84. The van der Waals surface area contributed by atoms with Gasteiger partial charge < -0.3 is 10.3 Å². The van der Waals surface area contributed by atoms with E-state index in [0.29, 0.717) is 11.3 Å². The summed E-state index contributed by atoms with van der Waals surface area (Å²) in [5.74, 6) is 0.607. The molecule has 0 unspecified atom stereocenters. The monoisotopic (exact) mass is 247 g/mol. The van der Waals surface area contributed by atoms with E-state index in [9.17, 15) is 4.79 Å². The number of aryl methyl sites for hydroxylation is 1. The molecule has 3 rings (SSSR count). The lowest BCUT2D eigenvalue weighted by atomic mass is 10.4. The lowest BCUT2D eigenvalue weighted by Gasteiger charge is -2.02. The summed E-state index contributed by atoms with van der Waals surface area (Å²) >= 11 is 1.48. The average Bonchev–Trinajstić information content (AvgIpc) is 2.91. The topological polar surface area (TPSA) is 75.6 Å². The second-order valence-corrected chi connectivity index (χ2v) is 4.40. The Morgan fingerprint density at radius 1 is 1.41 bits per heavy atom. The van der Waals surface area contributed by atoms with Crippen molar-refractivity contribution in [3.8, 4) is 0 Å². The summed E-state index contributed by atoms with van der Waals surface area (Å²) in [5, 5.41) is 5.70. The molecule has 0 radical (unpaired) electrons. The highest BCUT2D eigenvalue weighted by molar-refractivity contribution is 7.13. The first kappa shape index (κ1) is 10.0. The van der Waals surface area contributed by atoms with Crippen LogP contribution in [0.4, 0.5) is 10.9 Å². The number of pyridine rings is 1. The molecular weight excluding hydrogens is 238 g/mol. The summed E-state index contributed by atoms with van der Waals surface area (Å²) in [4.78, 5) is 22.6. The predicted octanol–water partition coefficient (Wildman–Crippen LogP) is 1.46. The lowest BCUT2D eigenvalue weighted by molar-refractivity contribution is 0.891. The van der Waals surface area contributed by atoms with Crippen molar-refractivity contribution < 1.29 is 0 Å². The quantitative estimate of drug-likeness (QED) is 0.719. The van der Waals surface area contributed by atoms with Crippen LogP contribution in [0.3, 0.4) is 0 Å². The minimum absolute atomic E-state index is 0.157. The van der Waals surface area contributed by atoms with E-state index in [1.807, 2.05) is 5.38 Å². The molecule has 0 atom stereocenters. The fourth-order valence-electron chi connectivity index (χ4n) is 1.64. The fourth-order valence-corrected chi connectivity index (χ4v) is 2.16. The molecule has 86 valence electrons. The van der Waals surface area contributed by atoms with E-state index in [0.717, 1.165) is 10.6 Å². The number of nitrogens with zero attached hydrogens (tertiary/aromatic N) is 3. The zero-order valence-corrected chi connectivity index (χ0v) is 9.78. The summed E-state index contributed by atoms with van der Waals surface area (Å²) in [5.41, 5.74) is 1.34. The molecule has 0 saturated heterocycles. The molecule has 7 heteroatoms. The molecule has 0 bridgehead atoms. The van der Waals surface area contributed by atoms with Crippen LogP contribution in [0.2, 0.25) is 0 Å². The summed E-state index contributed by atoms with van der Waals surface area (Å²) in [6.45, 7) is 0. The Morgan fingerprint density at radius 3 is 3.06 bits per heavy atom. The van der Waals surface area contributed by atoms with Crippen molar-refractivity contribution in [2.24, 2.45) is 7.05 Å². The van der Waals surface area contributed by atoms with Gasteiger partial charge in [0.05, 0.1) is 5.52 Å². The van der Waals surface area contributed by atoms with E-state index in [1.54, 1.807) is 30.1 Å². The largest absolute Gasteiger partial charge is 0.326 e. The van der Waals surface area contributed by atoms with Gasteiger partial charge in [-0.3, -0.25) is 4.57 Å². The van der Waals surface area contributed by atoms with Crippen LogP contribution in [-0.2, 0) is 7.05 Å². The summed E-state index contributed by atoms with van der Waals surface area (Å²) < 4.78 is 1.55. The minimum atomic E-state index is -0.157. The zero-order chi connectivity index (χ0) is 11.8. The Kier molecular flexibility index (Phi) is 2.19. The van der Waals surface area contributed by atoms with Gasteiger partial charge in [0.2, 0.25) is 0 Å². The zero-order valence-electron chi connectivity index (χ0n) is 8.97. The second kappa shape index (κ2) is 3.70. The van der Waals surface area contributed by atoms with Crippen LogP contribution in [0.1, 0.15) is 0 Å². The summed E-state index contributed by atoms with van der Waals surface area (Å²) in [6, 6.07) is 1.79. The highest BCUT2D eigenvalue weighted by atomic mass is 32.1. The third-order valence-corrected chi connectivity index (χ3v) is 3.17. The van der Waals surface area contributed by atoms with E-state index in [1.165, 1.54) is 11.3 Å². The molecule has 0 aliphatic rings. The summed E-state index contributed by atoms with van der Waals surface area (Å²) in [6.07, 6.45) is 3.37. The Hall–Kier alpha value is -2.15. The molecule has 3 aromatic rings. The number of aromatic nitrogens is 4. The molecule has 0 saturated carbocycles. The van der Waals surface area contributed by atoms with E-state index in [-0.39, 0.29) is 5.69 Å². The molecule has 0 aliphatic heterocycles. The molecule has 0 amide bonds. The van der Waals surface area contributed by atoms with Crippen LogP contribution in [0.15, 0.2) is 28.6 Å². The molecule has 0 aliphatic carbocycles. The van der Waals surface area contributed by atoms with Gasteiger partial charge in [0.15, 0.2) is 10.9 Å². The predicted molar refractivity (Wildman–Crippen MR) is 66.7 cm³/mol. The molecule has 0 spiro atoms. The third-order valence-electron chi connectivity index (χ3n) is 2.48. The van der Waals surface area contributed by atoms with Crippen LogP contribution in [0.5, 0.6) is 0 Å². The number of thiazole rings is 1. The molecular formula is C10H9N5OS. The van der Waals surface area contributed by atoms with Gasteiger partial charge in [-0.25, -0.2) is 14.8 Å². The average molecular weight is 247 g/mol. The molecule has 3 heterocycles. The highest BCUT2D eigenvalue weighted by Gasteiger charge is 2.09. The van der Waals surface area contributed by atoms with E-state index < -0.39 is 0 Å². The van der Waals surface area contributed by atoms with E-state index >= 15 is 0 Å². The van der Waals surface area contributed by atoms with Gasteiger partial charge in [0.1, 0.15) is 5.52 Å². The number of nitrogens with one attached hydrogen (secondary N) is 2. The maximum Gasteiger partial charge on any atom is 0.326 e. The van der Waals surface area contributed by atoms with Crippen LogP contribution in [0.25, 0.3) is 11.0 Å². The van der Waals surface area contributed by atoms with Gasteiger partial charge in [-0.05, 0) is 6.07 Å². The van der Waals surface area contributed by atoms with Crippen molar-refractivity contribution in [3.63, 3.8) is 0 Å². The number of aromatic amines is 1. The van der Waals surface area contributed by atoms with E-state index in [2.05, 4.69) is 20.3 Å². The Balaban J connectivity index is 2.17. The number of anilines is 2. The lowest BCUT2D eigenvalue weighted by Crippen LogP contribution is -2.11. The third kappa shape index (κ3) is 1.60. The highest BCUT2D eigenvalue weighted by Crippen LogP contribution is 2.22. The SMILES string of the molecule is Cn1c(=O)[nH]c2c(Nc3nccs3)nccc21. The maximum atomic E-state index is 11.5. The van der Waals surface area contributed by atoms with Crippen molar-refractivity contribution in [3.05, 3.63) is 34.3 Å². The van der Waals surface area contributed by atoms with Crippen molar-refractivity contribution in [2.75, 3.05) is 5.32 Å². The normalized spacial score (nSPS) is 10.9. The Morgan fingerprint density at radius 2 is 2.29 bits per heavy atom. The Labute approximate surface area is 100.0 Å². The second-order valence-electron chi connectivity index (χ2n) is 3.51. The maximum absolute atomic E-state index is 11.5. The van der Waals surface area contributed by atoms with Crippen LogP contribution in [-0.4, -0.2) is 19.5 Å². The fraction of sp³-hybridized carbons (Fsp3) is 0.100. The van der Waals surface area contributed by atoms with Crippen molar-refractivity contribution >= 4 is 33.3 Å². The molecule has 3 aromatic heterocycles. The first-order chi connectivity index (χ1) is 8.25. The number of rotatable bonds is 2. The van der Waals surface area contributed by atoms with Gasteiger partial charge in [-0.1, -0.05) is 0 Å². The first-order valence-electron chi connectivity index (χ1n) is 4.96. The number of imidazole rings is 1. The number of hydrogen-bond donors (Lipinski definition) is 2. The van der Waals surface area contributed by atoms with Gasteiger partial charge in [-0.15, -0.1) is 11.3 Å². The van der Waals surface area contributed by atoms with Gasteiger partial charge in [0, 0.05) is 24.8 Å². The van der Waals surface area contributed by atoms with Crippen molar-refractivity contribution in [1.29, 1.82) is 0 Å².